The van der Waals surface area contributed by atoms with E-state index in [1.165, 1.54) is 33.0 Å². The van der Waals surface area contributed by atoms with Gasteiger partial charge in [-0.05, 0) is 33.8 Å². The van der Waals surface area contributed by atoms with Crippen LogP contribution in [0.3, 0.4) is 0 Å². The first-order valence-electron chi connectivity index (χ1n) is 7.40. The van der Waals surface area contributed by atoms with Crippen molar-refractivity contribution in [2.75, 3.05) is 5.32 Å². The molecule has 0 bridgehead atoms. The van der Waals surface area contributed by atoms with E-state index in [1.54, 1.807) is 0 Å². The molecule has 0 fully saturated rings. The minimum absolute atomic E-state index is 0.414. The number of alkyl halides is 3. The summed E-state index contributed by atoms with van der Waals surface area (Å²) in [7, 11) is -4.18. The second-order valence-electron chi connectivity index (χ2n) is 5.72. The van der Waals surface area contributed by atoms with Gasteiger partial charge in [-0.15, -0.1) is 0 Å². The molecular weight excluding hydrogens is 380 g/mol. The number of non-ortho nitro benzene ring substituents is 1. The third-order valence-corrected chi connectivity index (χ3v) is 5.07. The van der Waals surface area contributed by atoms with Crippen LogP contribution in [0, 0.1) is 10.1 Å². The van der Waals surface area contributed by atoms with E-state index in [4.69, 9.17) is 9.05 Å². The summed E-state index contributed by atoms with van der Waals surface area (Å²) in [5.41, 5.74) is -1.28. The number of amides is 1. The van der Waals surface area contributed by atoms with E-state index in [9.17, 15) is 32.6 Å². The van der Waals surface area contributed by atoms with Gasteiger partial charge in [0.05, 0.1) is 28.1 Å². The van der Waals surface area contributed by atoms with Crippen molar-refractivity contribution in [3.05, 3.63) is 28.3 Å². The van der Waals surface area contributed by atoms with Crippen molar-refractivity contribution < 1.29 is 36.5 Å². The molecule has 12 heteroatoms. The molecule has 0 saturated carbocycles. The van der Waals surface area contributed by atoms with Crippen LogP contribution in [0.1, 0.15) is 27.7 Å². The van der Waals surface area contributed by atoms with Crippen LogP contribution in [0.5, 0.6) is 0 Å². The molecular formula is C14H18F3N2O6P. The lowest BCUT2D eigenvalue weighted by molar-refractivity contribution is -0.384. The minimum Gasteiger partial charge on any atom is -0.317 e. The molecule has 0 saturated heterocycles. The lowest BCUT2D eigenvalue weighted by Gasteiger charge is -2.24. The van der Waals surface area contributed by atoms with E-state index in [1.807, 2.05) is 0 Å². The first kappa shape index (κ1) is 22.1. The number of nitrogens with zero attached hydrogens (tertiary/aromatic N) is 1. The summed E-state index contributed by atoms with van der Waals surface area (Å²) in [6.07, 6.45) is -6.52. The number of nitro benzene ring substituents is 1. The standard InChI is InChI=1S/C14H18F3N2O6P/c1-8(2)24-26(23,25-9(3)4)12-6-5-10(19(21)22)7-11(12)18-13(20)14(15,16)17/h5-9H,1-4H3,(H,18,20). The summed E-state index contributed by atoms with van der Waals surface area (Å²) in [5, 5.41) is 12.0. The van der Waals surface area contributed by atoms with Gasteiger partial charge < -0.3 is 14.4 Å². The van der Waals surface area contributed by atoms with E-state index >= 15 is 0 Å². The molecule has 0 radical (unpaired) electrons. The first-order chi connectivity index (χ1) is 11.8. The maximum Gasteiger partial charge on any atom is 0.471 e. The Morgan fingerprint density at radius 1 is 1.19 bits per heavy atom. The molecule has 0 aliphatic carbocycles. The average Bonchev–Trinajstić information content (AvgIpc) is 2.43. The maximum atomic E-state index is 13.1. The lowest BCUT2D eigenvalue weighted by atomic mass is 10.2. The number of carbonyl (C=O) groups excluding carboxylic acids is 1. The minimum atomic E-state index is -5.25. The van der Waals surface area contributed by atoms with E-state index in [0.29, 0.717) is 6.07 Å². The van der Waals surface area contributed by atoms with Gasteiger partial charge in [0.25, 0.3) is 5.69 Å². The number of hydrogen-bond donors (Lipinski definition) is 1. The number of nitrogens with one attached hydrogen (secondary N) is 1. The van der Waals surface area contributed by atoms with E-state index in [0.717, 1.165) is 12.1 Å². The highest BCUT2D eigenvalue weighted by Crippen LogP contribution is 2.51. The zero-order chi connectivity index (χ0) is 20.3. The summed E-state index contributed by atoms with van der Waals surface area (Å²) in [6.45, 7) is 6.09. The van der Waals surface area contributed by atoms with Crippen molar-refractivity contribution in [1.82, 2.24) is 0 Å². The molecule has 0 aromatic heterocycles. The van der Waals surface area contributed by atoms with Crippen LogP contribution >= 0.6 is 7.60 Å². The topological polar surface area (TPSA) is 108 Å². The van der Waals surface area contributed by atoms with Gasteiger partial charge >= 0.3 is 19.7 Å². The molecule has 0 atom stereocenters. The van der Waals surface area contributed by atoms with Gasteiger partial charge in [0.1, 0.15) is 0 Å². The largest absolute Gasteiger partial charge is 0.471 e. The molecule has 0 unspecified atom stereocenters. The van der Waals surface area contributed by atoms with Crippen molar-refractivity contribution in [1.29, 1.82) is 0 Å². The number of benzene rings is 1. The number of rotatable bonds is 7. The van der Waals surface area contributed by atoms with Crippen LogP contribution in [0.15, 0.2) is 18.2 Å². The van der Waals surface area contributed by atoms with Gasteiger partial charge in [-0.25, -0.2) is 0 Å². The fourth-order valence-corrected chi connectivity index (χ4v) is 3.92. The molecule has 1 aromatic rings. The highest BCUT2D eigenvalue weighted by atomic mass is 31.2. The van der Waals surface area contributed by atoms with Crippen LogP contribution < -0.4 is 10.6 Å². The van der Waals surface area contributed by atoms with E-state index in [-0.39, 0.29) is 0 Å². The van der Waals surface area contributed by atoms with Crippen LogP contribution in [0.25, 0.3) is 0 Å². The second-order valence-corrected chi connectivity index (χ2v) is 7.61. The normalized spacial score (nSPS) is 12.5. The Kier molecular flexibility index (Phi) is 6.92. The molecule has 0 aliphatic heterocycles. The zero-order valence-electron chi connectivity index (χ0n) is 14.4. The van der Waals surface area contributed by atoms with Gasteiger partial charge in [-0.1, -0.05) is 0 Å². The second kappa shape index (κ2) is 8.15. The smallest absolute Gasteiger partial charge is 0.317 e. The predicted molar refractivity (Wildman–Crippen MR) is 87.5 cm³/mol. The molecule has 26 heavy (non-hydrogen) atoms. The molecule has 146 valence electrons. The van der Waals surface area contributed by atoms with Crippen LogP contribution in [0.2, 0.25) is 0 Å². The number of anilines is 1. The molecule has 1 rings (SSSR count). The van der Waals surface area contributed by atoms with Gasteiger partial charge in [0.2, 0.25) is 0 Å². The molecule has 0 spiro atoms. The Labute approximate surface area is 147 Å². The number of hydrogen-bond acceptors (Lipinski definition) is 6. The number of carbonyl (C=O) groups is 1. The predicted octanol–water partition coefficient (Wildman–Crippen LogP) is 3.76. The third-order valence-electron chi connectivity index (χ3n) is 2.69. The number of nitro groups is 1. The molecule has 0 aliphatic rings. The average molecular weight is 398 g/mol. The first-order valence-corrected chi connectivity index (χ1v) is 8.94. The summed E-state index contributed by atoms with van der Waals surface area (Å²) < 4.78 is 61.4. The van der Waals surface area contributed by atoms with Crippen LogP contribution in [-0.2, 0) is 18.4 Å². The molecule has 1 aromatic carbocycles. The van der Waals surface area contributed by atoms with Crippen LogP contribution in [0.4, 0.5) is 24.5 Å². The quantitative estimate of drug-likeness (QED) is 0.426. The molecule has 8 nitrogen and oxygen atoms in total. The van der Waals surface area contributed by atoms with Gasteiger partial charge in [0, 0.05) is 12.1 Å². The summed E-state index contributed by atoms with van der Waals surface area (Å²) in [6, 6.07) is 2.53. The van der Waals surface area contributed by atoms with Gasteiger partial charge in [-0.3, -0.25) is 19.5 Å². The van der Waals surface area contributed by atoms with Gasteiger partial charge in [0.15, 0.2) is 0 Å². The van der Waals surface area contributed by atoms with E-state index < -0.39 is 53.5 Å². The maximum absolute atomic E-state index is 13.1. The summed E-state index contributed by atoms with van der Waals surface area (Å²) in [5.74, 6) is -2.38. The number of halogens is 3. The highest BCUT2D eigenvalue weighted by Gasteiger charge is 2.41. The Morgan fingerprint density at radius 3 is 2.08 bits per heavy atom. The van der Waals surface area contributed by atoms with Crippen molar-refractivity contribution in [2.24, 2.45) is 0 Å². The summed E-state index contributed by atoms with van der Waals surface area (Å²) >= 11 is 0. The van der Waals surface area contributed by atoms with Crippen molar-refractivity contribution in [3.63, 3.8) is 0 Å². The van der Waals surface area contributed by atoms with Crippen molar-refractivity contribution in [2.45, 2.75) is 46.1 Å². The zero-order valence-corrected chi connectivity index (χ0v) is 15.3. The Hall–Kier alpha value is -1.97. The third kappa shape index (κ3) is 5.79. The Balaban J connectivity index is 3.53. The highest BCUT2D eigenvalue weighted by molar-refractivity contribution is 7.62. The summed E-state index contributed by atoms with van der Waals surface area (Å²) in [4.78, 5) is 21.3. The fourth-order valence-electron chi connectivity index (χ4n) is 1.86. The Morgan fingerprint density at radius 2 is 1.69 bits per heavy atom. The monoisotopic (exact) mass is 398 g/mol. The van der Waals surface area contributed by atoms with Gasteiger partial charge in [-0.2, -0.15) is 13.2 Å². The molecule has 1 N–H and O–H groups in total. The Bertz CT molecular complexity index is 722. The van der Waals surface area contributed by atoms with Crippen molar-refractivity contribution in [3.8, 4) is 0 Å². The lowest BCUT2D eigenvalue weighted by Crippen LogP contribution is -2.32. The fraction of sp³-hybridized carbons (Fsp3) is 0.500. The molecule has 0 heterocycles. The molecule has 1 amide bonds. The van der Waals surface area contributed by atoms with E-state index in [2.05, 4.69) is 0 Å². The van der Waals surface area contributed by atoms with Crippen LogP contribution in [-0.4, -0.2) is 29.2 Å². The SMILES string of the molecule is CC(C)OP(=O)(OC(C)C)c1ccc([N+](=O)[O-])cc1NC(=O)C(F)(F)F. The van der Waals surface area contributed by atoms with Crippen molar-refractivity contribution >= 4 is 30.2 Å².